The second-order valence-electron chi connectivity index (χ2n) is 4.47. The third-order valence-electron chi connectivity index (χ3n) is 2.72. The average Bonchev–Trinajstić information content (AvgIpc) is 2.42. The maximum atomic E-state index is 11.9. The molecule has 0 radical (unpaired) electrons. The summed E-state index contributed by atoms with van der Waals surface area (Å²) in [7, 11) is 0. The van der Waals surface area contributed by atoms with Crippen LogP contribution in [0, 0.1) is 0 Å². The number of nitrogens with zero attached hydrogens (tertiary/aromatic N) is 1. The molecule has 1 aromatic heterocycles. The van der Waals surface area contributed by atoms with Gasteiger partial charge in [0.25, 0.3) is 11.5 Å². The number of thioether (sulfide) groups is 1. The van der Waals surface area contributed by atoms with Crippen LogP contribution in [-0.2, 0) is 5.75 Å². The predicted molar refractivity (Wildman–Crippen MR) is 81.9 cm³/mol. The van der Waals surface area contributed by atoms with E-state index in [0.29, 0.717) is 24.7 Å². The lowest BCUT2D eigenvalue weighted by molar-refractivity contribution is 0.0947. The minimum absolute atomic E-state index is 0.180. The summed E-state index contributed by atoms with van der Waals surface area (Å²) in [5, 5.41) is 2.78. The van der Waals surface area contributed by atoms with E-state index >= 15 is 0 Å². The second-order valence-corrected chi connectivity index (χ2v) is 5.34. The molecule has 1 rings (SSSR count). The highest BCUT2D eigenvalue weighted by molar-refractivity contribution is 7.97. The summed E-state index contributed by atoms with van der Waals surface area (Å²) in [6.07, 6.45) is 5.95. The Kier molecular flexibility index (Phi) is 7.98. The molecule has 7 heteroatoms. The van der Waals surface area contributed by atoms with Crippen LogP contribution >= 0.6 is 11.8 Å². The van der Waals surface area contributed by atoms with Crippen molar-refractivity contribution in [1.29, 1.82) is 0 Å². The number of carbonyl (C=O) groups excluding carboxylic acids is 1. The van der Waals surface area contributed by atoms with Crippen LogP contribution in [0.1, 0.15) is 42.0 Å². The molecule has 6 nitrogen and oxygen atoms in total. The fourth-order valence-corrected chi connectivity index (χ4v) is 2.16. The molecule has 0 saturated carbocycles. The van der Waals surface area contributed by atoms with Gasteiger partial charge in [-0.3, -0.25) is 9.59 Å². The van der Waals surface area contributed by atoms with Gasteiger partial charge in [-0.1, -0.05) is 12.8 Å². The molecule has 1 heterocycles. The maximum absolute atomic E-state index is 11.9. The predicted octanol–water partition coefficient (Wildman–Crippen LogP) is 0.882. The minimum Gasteiger partial charge on any atom is -0.351 e. The Labute approximate surface area is 122 Å². The van der Waals surface area contributed by atoms with E-state index in [-0.39, 0.29) is 17.2 Å². The van der Waals surface area contributed by atoms with Crippen molar-refractivity contribution in [3.63, 3.8) is 0 Å². The standard InChI is InChI=1S/C13H22N4O2S/c1-20-9-11-16-10(8-12(18)17-11)13(19)15-7-5-3-2-4-6-14/h8H,2-7,9,14H2,1H3,(H,15,19)(H,16,17,18). The zero-order valence-electron chi connectivity index (χ0n) is 11.8. The first-order valence-corrected chi connectivity index (χ1v) is 8.14. The van der Waals surface area contributed by atoms with E-state index in [9.17, 15) is 9.59 Å². The Morgan fingerprint density at radius 1 is 1.40 bits per heavy atom. The van der Waals surface area contributed by atoms with Crippen LogP contribution in [0.3, 0.4) is 0 Å². The lowest BCUT2D eigenvalue weighted by Gasteiger charge is -2.05. The molecule has 112 valence electrons. The minimum atomic E-state index is -0.294. The summed E-state index contributed by atoms with van der Waals surface area (Å²) in [4.78, 5) is 30.1. The van der Waals surface area contributed by atoms with Gasteiger partial charge in [-0.05, 0) is 25.6 Å². The molecule has 0 aliphatic carbocycles. The molecule has 0 fully saturated rings. The number of carbonyl (C=O) groups is 1. The first-order chi connectivity index (χ1) is 9.67. The Bertz CT molecular complexity index is 476. The van der Waals surface area contributed by atoms with Crippen molar-refractivity contribution in [3.05, 3.63) is 27.9 Å². The molecular weight excluding hydrogens is 276 g/mol. The van der Waals surface area contributed by atoms with Gasteiger partial charge in [0.2, 0.25) is 0 Å². The van der Waals surface area contributed by atoms with Gasteiger partial charge in [-0.2, -0.15) is 11.8 Å². The van der Waals surface area contributed by atoms with Crippen LogP contribution in [0.4, 0.5) is 0 Å². The number of aromatic amines is 1. The normalized spacial score (nSPS) is 10.5. The first-order valence-electron chi connectivity index (χ1n) is 6.75. The van der Waals surface area contributed by atoms with Crippen LogP contribution in [0.25, 0.3) is 0 Å². The summed E-state index contributed by atoms with van der Waals surface area (Å²) >= 11 is 1.54. The van der Waals surface area contributed by atoms with Crippen molar-refractivity contribution in [2.24, 2.45) is 5.73 Å². The monoisotopic (exact) mass is 298 g/mol. The lowest BCUT2D eigenvalue weighted by atomic mass is 10.2. The number of rotatable bonds is 9. The van der Waals surface area contributed by atoms with E-state index in [2.05, 4.69) is 15.3 Å². The summed E-state index contributed by atoms with van der Waals surface area (Å²) in [5.74, 6) is 0.811. The van der Waals surface area contributed by atoms with E-state index in [1.165, 1.54) is 17.8 Å². The van der Waals surface area contributed by atoms with E-state index in [4.69, 9.17) is 5.73 Å². The molecule has 1 amide bonds. The molecular formula is C13H22N4O2S. The molecule has 0 bridgehead atoms. The number of amides is 1. The van der Waals surface area contributed by atoms with Crippen molar-refractivity contribution in [2.45, 2.75) is 31.4 Å². The first kappa shape index (κ1) is 16.7. The third-order valence-corrected chi connectivity index (χ3v) is 3.28. The highest BCUT2D eigenvalue weighted by Crippen LogP contribution is 2.03. The maximum Gasteiger partial charge on any atom is 0.270 e. The van der Waals surface area contributed by atoms with Crippen molar-refractivity contribution < 1.29 is 4.79 Å². The fourth-order valence-electron chi connectivity index (χ4n) is 1.74. The second kappa shape index (κ2) is 9.55. The summed E-state index contributed by atoms with van der Waals surface area (Å²) in [6.45, 7) is 1.30. The largest absolute Gasteiger partial charge is 0.351 e. The van der Waals surface area contributed by atoms with Crippen LogP contribution in [0.5, 0.6) is 0 Å². The van der Waals surface area contributed by atoms with Crippen LogP contribution in [-0.4, -0.2) is 35.2 Å². The van der Waals surface area contributed by atoms with Gasteiger partial charge < -0.3 is 16.0 Å². The molecule has 0 atom stereocenters. The fraction of sp³-hybridized carbons (Fsp3) is 0.615. The molecule has 0 unspecified atom stereocenters. The number of H-pyrrole nitrogens is 1. The summed E-state index contributed by atoms with van der Waals surface area (Å²) in [5.41, 5.74) is 5.29. The highest BCUT2D eigenvalue weighted by Gasteiger charge is 2.09. The molecule has 0 spiro atoms. The molecule has 0 aliphatic rings. The Morgan fingerprint density at radius 2 is 2.15 bits per heavy atom. The van der Waals surface area contributed by atoms with Gasteiger partial charge >= 0.3 is 0 Å². The Morgan fingerprint density at radius 3 is 2.85 bits per heavy atom. The van der Waals surface area contributed by atoms with E-state index in [1.807, 2.05) is 6.26 Å². The average molecular weight is 298 g/mol. The van der Waals surface area contributed by atoms with Crippen LogP contribution < -0.4 is 16.6 Å². The summed E-state index contributed by atoms with van der Waals surface area (Å²) in [6, 6.07) is 1.23. The van der Waals surface area contributed by atoms with Gasteiger partial charge in [0.15, 0.2) is 0 Å². The Balaban J connectivity index is 2.44. The van der Waals surface area contributed by atoms with E-state index < -0.39 is 0 Å². The number of hydrogen-bond acceptors (Lipinski definition) is 5. The third kappa shape index (κ3) is 6.21. The van der Waals surface area contributed by atoms with Crippen molar-refractivity contribution in [2.75, 3.05) is 19.3 Å². The topological polar surface area (TPSA) is 101 Å². The lowest BCUT2D eigenvalue weighted by Crippen LogP contribution is -2.27. The number of aromatic nitrogens is 2. The smallest absolute Gasteiger partial charge is 0.270 e. The molecule has 1 aromatic rings. The molecule has 0 aliphatic heterocycles. The zero-order chi connectivity index (χ0) is 14.8. The number of unbranched alkanes of at least 4 members (excludes halogenated alkanes) is 3. The van der Waals surface area contributed by atoms with E-state index in [0.717, 1.165) is 25.7 Å². The van der Waals surface area contributed by atoms with Gasteiger partial charge in [-0.15, -0.1) is 0 Å². The molecule has 0 aromatic carbocycles. The quantitative estimate of drug-likeness (QED) is 0.588. The Hall–Kier alpha value is -1.34. The van der Waals surface area contributed by atoms with E-state index in [1.54, 1.807) is 0 Å². The number of hydrogen-bond donors (Lipinski definition) is 3. The number of nitrogens with two attached hydrogens (primary N) is 1. The highest BCUT2D eigenvalue weighted by atomic mass is 32.2. The molecule has 20 heavy (non-hydrogen) atoms. The van der Waals surface area contributed by atoms with Crippen molar-refractivity contribution >= 4 is 17.7 Å². The number of nitrogens with one attached hydrogen (secondary N) is 2. The molecule has 4 N–H and O–H groups in total. The van der Waals surface area contributed by atoms with Gasteiger partial charge in [-0.25, -0.2) is 4.98 Å². The van der Waals surface area contributed by atoms with Crippen LogP contribution in [0.15, 0.2) is 10.9 Å². The van der Waals surface area contributed by atoms with Crippen LogP contribution in [0.2, 0.25) is 0 Å². The van der Waals surface area contributed by atoms with Crippen molar-refractivity contribution in [1.82, 2.24) is 15.3 Å². The van der Waals surface area contributed by atoms with Crippen molar-refractivity contribution in [3.8, 4) is 0 Å². The SMILES string of the molecule is CSCc1nc(C(=O)NCCCCCCN)cc(=O)[nH]1. The molecule has 0 saturated heterocycles. The van der Waals surface area contributed by atoms with Gasteiger partial charge in [0.05, 0.1) is 5.75 Å². The summed E-state index contributed by atoms with van der Waals surface area (Å²) < 4.78 is 0. The van der Waals surface area contributed by atoms with Gasteiger partial charge in [0.1, 0.15) is 11.5 Å². The van der Waals surface area contributed by atoms with Gasteiger partial charge in [0, 0.05) is 12.6 Å². The zero-order valence-corrected chi connectivity index (χ0v) is 12.6.